The molecule has 0 aliphatic carbocycles. The molecule has 1 aromatic heterocycles. The summed E-state index contributed by atoms with van der Waals surface area (Å²) in [5, 5.41) is 6.61. The molecule has 0 saturated carbocycles. The van der Waals surface area contributed by atoms with E-state index in [4.69, 9.17) is 10.5 Å². The second kappa shape index (κ2) is 7.75. The normalized spacial score (nSPS) is 10.5. The maximum Gasteiger partial charge on any atom is 0.255 e. The van der Waals surface area contributed by atoms with Crippen molar-refractivity contribution in [3.8, 4) is 5.75 Å². The van der Waals surface area contributed by atoms with Crippen molar-refractivity contribution in [1.82, 2.24) is 10.3 Å². The maximum absolute atomic E-state index is 10.6. The van der Waals surface area contributed by atoms with E-state index in [0.717, 1.165) is 30.8 Å². The van der Waals surface area contributed by atoms with Gasteiger partial charge in [-0.25, -0.2) is 4.98 Å². The first kappa shape index (κ1) is 15.5. The minimum absolute atomic E-state index is 0.0960. The molecule has 1 aromatic carbocycles. The van der Waals surface area contributed by atoms with Crippen LogP contribution in [-0.4, -0.2) is 17.5 Å². The maximum atomic E-state index is 10.6. The van der Waals surface area contributed by atoms with E-state index in [-0.39, 0.29) is 6.61 Å². The van der Waals surface area contributed by atoms with Crippen molar-refractivity contribution in [3.05, 3.63) is 45.9 Å². The van der Waals surface area contributed by atoms with Crippen LogP contribution in [0.25, 0.3) is 0 Å². The summed E-state index contributed by atoms with van der Waals surface area (Å²) in [5.41, 5.74) is 7.25. The lowest BCUT2D eigenvalue weighted by atomic mass is 10.2. The molecule has 0 spiro atoms. The van der Waals surface area contributed by atoms with Gasteiger partial charge in [0.2, 0.25) is 0 Å². The minimum Gasteiger partial charge on any atom is -0.484 e. The van der Waals surface area contributed by atoms with Crippen molar-refractivity contribution >= 4 is 17.2 Å². The fourth-order valence-corrected chi connectivity index (χ4v) is 2.53. The second-order valence-electron chi connectivity index (χ2n) is 4.59. The number of hydrogen-bond donors (Lipinski definition) is 2. The van der Waals surface area contributed by atoms with Gasteiger partial charge >= 0.3 is 0 Å². The van der Waals surface area contributed by atoms with E-state index in [1.165, 1.54) is 5.01 Å². The summed E-state index contributed by atoms with van der Waals surface area (Å²) >= 11 is 1.70. The summed E-state index contributed by atoms with van der Waals surface area (Å²) < 4.78 is 5.21. The predicted molar refractivity (Wildman–Crippen MR) is 83.2 cm³/mol. The lowest BCUT2D eigenvalue weighted by Crippen LogP contribution is -2.20. The first-order valence-corrected chi connectivity index (χ1v) is 7.69. The fraction of sp³-hybridized carbons (Fsp3) is 0.333. The van der Waals surface area contributed by atoms with Crippen LogP contribution in [0.15, 0.2) is 29.6 Å². The van der Waals surface area contributed by atoms with Crippen molar-refractivity contribution in [2.24, 2.45) is 5.73 Å². The molecule has 0 radical (unpaired) electrons. The van der Waals surface area contributed by atoms with Crippen LogP contribution in [0.5, 0.6) is 5.75 Å². The zero-order valence-corrected chi connectivity index (χ0v) is 12.8. The third kappa shape index (κ3) is 5.17. The first-order chi connectivity index (χ1) is 10.2. The Morgan fingerprint density at radius 2 is 2.10 bits per heavy atom. The Bertz CT molecular complexity index is 581. The number of aryl methyl sites for hydroxylation is 1. The smallest absolute Gasteiger partial charge is 0.255 e. The molecule has 2 aromatic rings. The zero-order chi connectivity index (χ0) is 15.1. The molecule has 2 rings (SSSR count). The number of benzene rings is 1. The Balaban J connectivity index is 1.76. The number of thiazole rings is 1. The van der Waals surface area contributed by atoms with E-state index in [0.29, 0.717) is 5.75 Å². The quantitative estimate of drug-likeness (QED) is 0.780. The summed E-state index contributed by atoms with van der Waals surface area (Å²) in [6.07, 6.45) is 0.984. The van der Waals surface area contributed by atoms with Crippen LogP contribution in [0.2, 0.25) is 0 Å². The molecular formula is C15H19N3O2S. The number of amides is 1. The van der Waals surface area contributed by atoms with E-state index < -0.39 is 5.91 Å². The monoisotopic (exact) mass is 305 g/mol. The average Bonchev–Trinajstić information content (AvgIpc) is 2.94. The Morgan fingerprint density at radius 3 is 2.71 bits per heavy atom. The topological polar surface area (TPSA) is 77.2 Å². The van der Waals surface area contributed by atoms with Crippen LogP contribution in [-0.2, 0) is 24.3 Å². The van der Waals surface area contributed by atoms with Crippen molar-refractivity contribution < 1.29 is 9.53 Å². The van der Waals surface area contributed by atoms with Gasteiger partial charge < -0.3 is 15.8 Å². The van der Waals surface area contributed by atoms with Crippen LogP contribution in [0.4, 0.5) is 0 Å². The van der Waals surface area contributed by atoms with Gasteiger partial charge in [0.15, 0.2) is 6.61 Å². The number of aromatic nitrogens is 1. The van der Waals surface area contributed by atoms with Gasteiger partial charge in [-0.1, -0.05) is 19.1 Å². The standard InChI is InChI=1S/C15H19N3O2S/c1-2-15-18-12(10-21-15)8-17-7-11-3-5-13(6-4-11)20-9-14(16)19/h3-6,10,17H,2,7-9H2,1H3,(H2,16,19). The highest BCUT2D eigenvalue weighted by molar-refractivity contribution is 7.09. The molecule has 0 aliphatic rings. The summed E-state index contributed by atoms with van der Waals surface area (Å²) in [5.74, 6) is 0.167. The molecule has 0 fully saturated rings. The largest absolute Gasteiger partial charge is 0.484 e. The summed E-state index contributed by atoms with van der Waals surface area (Å²) in [4.78, 5) is 15.1. The zero-order valence-electron chi connectivity index (χ0n) is 12.0. The number of nitrogens with one attached hydrogen (secondary N) is 1. The van der Waals surface area contributed by atoms with E-state index in [2.05, 4.69) is 22.6 Å². The Hall–Kier alpha value is -1.92. The molecule has 0 saturated heterocycles. The molecule has 0 bridgehead atoms. The molecule has 21 heavy (non-hydrogen) atoms. The van der Waals surface area contributed by atoms with Gasteiger partial charge in [-0.3, -0.25) is 4.79 Å². The SMILES string of the molecule is CCc1nc(CNCc2ccc(OCC(N)=O)cc2)cs1. The Morgan fingerprint density at radius 1 is 1.33 bits per heavy atom. The lowest BCUT2D eigenvalue weighted by Gasteiger charge is -2.06. The highest BCUT2D eigenvalue weighted by atomic mass is 32.1. The van der Waals surface area contributed by atoms with Gasteiger partial charge in [0.1, 0.15) is 5.75 Å². The fourth-order valence-electron chi connectivity index (χ4n) is 1.79. The van der Waals surface area contributed by atoms with Crippen LogP contribution < -0.4 is 15.8 Å². The van der Waals surface area contributed by atoms with Gasteiger partial charge in [-0.15, -0.1) is 11.3 Å². The summed E-state index contributed by atoms with van der Waals surface area (Å²) in [7, 11) is 0. The molecular weight excluding hydrogens is 286 g/mol. The summed E-state index contributed by atoms with van der Waals surface area (Å²) in [6.45, 7) is 3.53. The second-order valence-corrected chi connectivity index (χ2v) is 5.53. The highest BCUT2D eigenvalue weighted by Gasteiger charge is 2.01. The van der Waals surface area contributed by atoms with Gasteiger partial charge in [0, 0.05) is 18.5 Å². The van der Waals surface area contributed by atoms with Gasteiger partial charge in [0.05, 0.1) is 10.7 Å². The number of hydrogen-bond acceptors (Lipinski definition) is 5. The molecule has 0 unspecified atom stereocenters. The molecule has 6 heteroatoms. The number of carbonyl (C=O) groups is 1. The van der Waals surface area contributed by atoms with E-state index >= 15 is 0 Å². The number of nitrogens with zero attached hydrogens (tertiary/aromatic N) is 1. The van der Waals surface area contributed by atoms with Gasteiger partial charge in [0.25, 0.3) is 5.91 Å². The third-order valence-electron chi connectivity index (χ3n) is 2.84. The van der Waals surface area contributed by atoms with Gasteiger partial charge in [-0.2, -0.15) is 0 Å². The van der Waals surface area contributed by atoms with Crippen LogP contribution in [0, 0.1) is 0 Å². The molecule has 0 aliphatic heterocycles. The lowest BCUT2D eigenvalue weighted by molar-refractivity contribution is -0.119. The van der Waals surface area contributed by atoms with Crippen molar-refractivity contribution in [1.29, 1.82) is 0 Å². The van der Waals surface area contributed by atoms with Crippen LogP contribution in [0.1, 0.15) is 23.2 Å². The predicted octanol–water partition coefficient (Wildman–Crippen LogP) is 1.86. The number of primary amides is 1. The average molecular weight is 305 g/mol. The van der Waals surface area contributed by atoms with Crippen LogP contribution in [0.3, 0.4) is 0 Å². The first-order valence-electron chi connectivity index (χ1n) is 6.81. The van der Waals surface area contributed by atoms with E-state index in [1.807, 2.05) is 24.3 Å². The van der Waals surface area contributed by atoms with Crippen LogP contribution >= 0.6 is 11.3 Å². The number of rotatable bonds is 8. The Kier molecular flexibility index (Phi) is 5.71. The summed E-state index contributed by atoms with van der Waals surface area (Å²) in [6, 6.07) is 7.58. The molecule has 5 nitrogen and oxygen atoms in total. The number of carbonyl (C=O) groups excluding carboxylic acids is 1. The van der Waals surface area contributed by atoms with E-state index in [9.17, 15) is 4.79 Å². The van der Waals surface area contributed by atoms with Gasteiger partial charge in [-0.05, 0) is 24.1 Å². The van der Waals surface area contributed by atoms with E-state index in [1.54, 1.807) is 11.3 Å². The highest BCUT2D eigenvalue weighted by Crippen LogP contribution is 2.13. The molecule has 3 N–H and O–H groups in total. The third-order valence-corrected chi connectivity index (χ3v) is 3.88. The van der Waals surface area contributed by atoms with Crippen molar-refractivity contribution in [3.63, 3.8) is 0 Å². The molecule has 1 heterocycles. The Labute approximate surface area is 128 Å². The van der Waals surface area contributed by atoms with Crippen molar-refractivity contribution in [2.45, 2.75) is 26.4 Å². The number of ether oxygens (including phenoxy) is 1. The van der Waals surface area contributed by atoms with Crippen molar-refractivity contribution in [2.75, 3.05) is 6.61 Å². The molecule has 1 amide bonds. The minimum atomic E-state index is -0.476. The molecule has 0 atom stereocenters. The number of nitrogens with two attached hydrogens (primary N) is 1. The molecule has 112 valence electrons.